The van der Waals surface area contributed by atoms with E-state index in [0.29, 0.717) is 12.1 Å². The normalized spacial score (nSPS) is 15.8. The highest BCUT2D eigenvalue weighted by Crippen LogP contribution is 2.30. The number of hydrogen-bond donors (Lipinski definition) is 4. The Morgan fingerprint density at radius 3 is 2.54 bits per heavy atom. The van der Waals surface area contributed by atoms with Crippen LogP contribution in [0.4, 0.5) is 0 Å². The highest BCUT2D eigenvalue weighted by atomic mass is 16.5. The summed E-state index contributed by atoms with van der Waals surface area (Å²) in [5, 5.41) is 22.1. The molecule has 3 rings (SSSR count). The van der Waals surface area contributed by atoms with Crippen molar-refractivity contribution in [1.82, 2.24) is 5.32 Å². The first kappa shape index (κ1) is 18.0. The van der Waals surface area contributed by atoms with Crippen molar-refractivity contribution in [2.24, 2.45) is 5.73 Å². The number of benzene rings is 2. The van der Waals surface area contributed by atoms with Crippen LogP contribution in [0.2, 0.25) is 0 Å². The van der Waals surface area contributed by atoms with Gasteiger partial charge in [-0.15, -0.1) is 0 Å². The van der Waals surface area contributed by atoms with Gasteiger partial charge in [0.25, 0.3) is 0 Å². The molecule has 1 atom stereocenters. The van der Waals surface area contributed by atoms with Gasteiger partial charge >= 0.3 is 13.1 Å². The summed E-state index contributed by atoms with van der Waals surface area (Å²) in [6.07, 6.45) is 0.450. The Morgan fingerprint density at radius 2 is 1.88 bits per heavy atom. The van der Waals surface area contributed by atoms with E-state index < -0.39 is 19.0 Å². The van der Waals surface area contributed by atoms with Gasteiger partial charge in [0.1, 0.15) is 5.75 Å². The maximum absolute atomic E-state index is 12.3. The summed E-state index contributed by atoms with van der Waals surface area (Å²) in [7, 11) is -1.31. The minimum atomic E-state index is -1.31. The molecular formula is C18H19BN2O5. The maximum atomic E-state index is 12.3. The van der Waals surface area contributed by atoms with E-state index in [9.17, 15) is 19.7 Å². The number of rotatable bonds is 5. The Kier molecular flexibility index (Phi) is 5.25. The minimum absolute atomic E-state index is 0.00804. The molecule has 7 nitrogen and oxygen atoms in total. The van der Waals surface area contributed by atoms with Crippen LogP contribution in [0.25, 0.3) is 0 Å². The number of carboxylic acids is 1. The molecule has 0 saturated carbocycles. The van der Waals surface area contributed by atoms with Crippen molar-refractivity contribution in [2.45, 2.75) is 25.3 Å². The number of fused-ring (bicyclic) bond motifs is 1. The quantitative estimate of drug-likeness (QED) is 0.581. The summed E-state index contributed by atoms with van der Waals surface area (Å²) >= 11 is 0. The van der Waals surface area contributed by atoms with Crippen LogP contribution in [0.5, 0.6) is 5.75 Å². The Balaban J connectivity index is 1.67. The molecule has 0 aliphatic carbocycles. The molecule has 8 heteroatoms. The first-order valence-corrected chi connectivity index (χ1v) is 8.25. The summed E-state index contributed by atoms with van der Waals surface area (Å²) in [4.78, 5) is 23.5. The molecule has 0 saturated heterocycles. The van der Waals surface area contributed by atoms with Gasteiger partial charge in [0.2, 0.25) is 5.91 Å². The largest absolute Gasteiger partial charge is 0.547 e. The second kappa shape index (κ2) is 7.59. The fraction of sp³-hybridized carbons (Fsp3) is 0.222. The first-order chi connectivity index (χ1) is 12.5. The lowest BCUT2D eigenvalue weighted by Gasteiger charge is -2.28. The Labute approximate surface area is 150 Å². The summed E-state index contributed by atoms with van der Waals surface area (Å²) in [6, 6.07) is 12.2. The molecule has 1 unspecified atom stereocenters. The van der Waals surface area contributed by atoms with Crippen molar-refractivity contribution < 1.29 is 24.4 Å². The molecule has 134 valence electrons. The molecule has 0 bridgehead atoms. The number of nitrogens with two attached hydrogens (primary N) is 1. The smallest absolute Gasteiger partial charge is 0.534 e. The van der Waals surface area contributed by atoms with Gasteiger partial charge in [0.15, 0.2) is 0 Å². The van der Waals surface area contributed by atoms with Crippen LogP contribution in [0.1, 0.15) is 27.0 Å². The number of carbonyl (C=O) groups is 2. The fourth-order valence-electron chi connectivity index (χ4n) is 2.95. The predicted molar refractivity (Wildman–Crippen MR) is 95.7 cm³/mol. The lowest BCUT2D eigenvalue weighted by Crippen LogP contribution is -2.53. The van der Waals surface area contributed by atoms with Crippen LogP contribution in [-0.2, 0) is 24.2 Å². The molecule has 5 N–H and O–H groups in total. The number of hydrogen-bond acceptors (Lipinski definition) is 5. The van der Waals surface area contributed by atoms with Crippen molar-refractivity contribution >= 4 is 19.0 Å². The number of carboxylic acid groups (broad SMARTS) is 1. The minimum Gasteiger partial charge on any atom is -0.534 e. The zero-order valence-electron chi connectivity index (χ0n) is 14.0. The molecule has 1 aliphatic rings. The lowest BCUT2D eigenvalue weighted by atomic mass is 9.72. The molecule has 1 amide bonds. The van der Waals surface area contributed by atoms with Gasteiger partial charge in [0, 0.05) is 6.54 Å². The van der Waals surface area contributed by atoms with Crippen molar-refractivity contribution in [3.8, 4) is 5.75 Å². The highest BCUT2D eigenvalue weighted by molar-refractivity contribution is 6.47. The van der Waals surface area contributed by atoms with Gasteiger partial charge in [-0.05, 0) is 29.2 Å². The average molecular weight is 354 g/mol. The number of aromatic carboxylic acids is 1. The van der Waals surface area contributed by atoms with E-state index in [1.165, 1.54) is 6.07 Å². The van der Waals surface area contributed by atoms with Crippen LogP contribution in [0.15, 0.2) is 42.5 Å². The molecule has 2 aromatic carbocycles. The summed E-state index contributed by atoms with van der Waals surface area (Å²) < 4.78 is 5.36. The third kappa shape index (κ3) is 3.87. The van der Waals surface area contributed by atoms with E-state index in [2.05, 4.69) is 5.32 Å². The molecule has 2 aromatic rings. The summed E-state index contributed by atoms with van der Waals surface area (Å²) in [5.41, 5.74) is 7.99. The van der Waals surface area contributed by atoms with Gasteiger partial charge in [0.05, 0.1) is 17.9 Å². The Morgan fingerprint density at radius 1 is 1.19 bits per heavy atom. The lowest BCUT2D eigenvalue weighted by molar-refractivity contribution is -0.120. The van der Waals surface area contributed by atoms with Gasteiger partial charge in [-0.25, -0.2) is 4.79 Å². The van der Waals surface area contributed by atoms with Gasteiger partial charge in [-0.3, -0.25) is 4.79 Å². The molecular weight excluding hydrogens is 335 g/mol. The van der Waals surface area contributed by atoms with Crippen LogP contribution in [-0.4, -0.2) is 35.1 Å². The van der Waals surface area contributed by atoms with Gasteiger partial charge < -0.3 is 25.8 Å². The van der Waals surface area contributed by atoms with Crippen LogP contribution in [0, 0.1) is 0 Å². The third-order valence-electron chi connectivity index (χ3n) is 4.32. The molecule has 0 fully saturated rings. The second-order valence-electron chi connectivity index (χ2n) is 6.18. The number of nitrogens with one attached hydrogen (secondary N) is 1. The van der Waals surface area contributed by atoms with E-state index in [0.717, 1.165) is 11.1 Å². The van der Waals surface area contributed by atoms with E-state index in [-0.39, 0.29) is 30.1 Å². The standard InChI is InChI=1S/C18H19BN2O5/c20-10-12-6-4-11(5-7-12)8-16(22)21-15-9-13-2-1-3-14(18(23)24)17(13)26-19(15)25/h1-7,15,25H,8-10,20H2,(H,21,22)(H,23,24). The zero-order valence-corrected chi connectivity index (χ0v) is 14.0. The van der Waals surface area contributed by atoms with Crippen LogP contribution in [0.3, 0.4) is 0 Å². The molecule has 0 spiro atoms. The van der Waals surface area contributed by atoms with Gasteiger partial charge in [-0.1, -0.05) is 36.4 Å². The average Bonchev–Trinajstić information content (AvgIpc) is 2.62. The predicted octanol–water partition coefficient (Wildman–Crippen LogP) is 0.526. The van der Waals surface area contributed by atoms with Crippen molar-refractivity contribution in [2.75, 3.05) is 0 Å². The number of para-hydroxylation sites is 1. The summed E-state index contributed by atoms with van der Waals surface area (Å²) in [5.74, 6) is -1.88. The van der Waals surface area contributed by atoms with Crippen molar-refractivity contribution in [3.63, 3.8) is 0 Å². The first-order valence-electron chi connectivity index (χ1n) is 8.25. The molecule has 0 radical (unpaired) electrons. The molecule has 26 heavy (non-hydrogen) atoms. The van der Waals surface area contributed by atoms with Crippen LogP contribution < -0.4 is 15.7 Å². The number of carbonyl (C=O) groups excluding carboxylic acids is 1. The van der Waals surface area contributed by atoms with E-state index in [1.54, 1.807) is 12.1 Å². The number of amides is 1. The maximum Gasteiger partial charge on any atom is 0.547 e. The molecule has 1 heterocycles. The van der Waals surface area contributed by atoms with Gasteiger partial charge in [-0.2, -0.15) is 0 Å². The van der Waals surface area contributed by atoms with Crippen LogP contribution >= 0.6 is 0 Å². The third-order valence-corrected chi connectivity index (χ3v) is 4.32. The van der Waals surface area contributed by atoms with E-state index in [1.807, 2.05) is 24.3 Å². The van der Waals surface area contributed by atoms with E-state index in [4.69, 9.17) is 10.4 Å². The Hall–Kier alpha value is -2.84. The fourth-order valence-corrected chi connectivity index (χ4v) is 2.95. The monoisotopic (exact) mass is 354 g/mol. The van der Waals surface area contributed by atoms with E-state index >= 15 is 0 Å². The highest BCUT2D eigenvalue weighted by Gasteiger charge is 2.37. The van der Waals surface area contributed by atoms with Crippen molar-refractivity contribution in [1.29, 1.82) is 0 Å². The SMILES string of the molecule is NCc1ccc(CC(=O)NC2Cc3cccc(C(=O)O)c3OB2O)cc1. The topological polar surface area (TPSA) is 122 Å². The summed E-state index contributed by atoms with van der Waals surface area (Å²) in [6.45, 7) is 0.440. The van der Waals surface area contributed by atoms with Crippen molar-refractivity contribution in [3.05, 3.63) is 64.7 Å². The Bertz CT molecular complexity index is 825. The molecule has 0 aromatic heterocycles. The zero-order chi connectivity index (χ0) is 18.7. The second-order valence-corrected chi connectivity index (χ2v) is 6.18. The molecule has 1 aliphatic heterocycles.